The van der Waals surface area contributed by atoms with Crippen LogP contribution in [-0.2, 0) is 4.74 Å². The number of hydrogen-bond donors (Lipinski definition) is 0. The molecule has 0 aromatic carbocycles. The molecule has 0 unspecified atom stereocenters. The van der Waals surface area contributed by atoms with E-state index in [1.165, 1.54) is 0 Å². The molecule has 4 nitrogen and oxygen atoms in total. The standard InChI is InChI=1S/C14H18N2O2S2/c1-10(16-8-14(19)20-2)13-7-11(3-5-15-13)18-12-4-6-17-9-12/h3,5,7,12H,4,6,8-9H2,1-2H3/t12-/m0/s1. The van der Waals surface area contributed by atoms with Crippen LogP contribution in [0.5, 0.6) is 5.75 Å². The lowest BCUT2D eigenvalue weighted by atomic mass is 10.2. The highest BCUT2D eigenvalue weighted by Gasteiger charge is 2.17. The van der Waals surface area contributed by atoms with Crippen LogP contribution in [0.3, 0.4) is 0 Å². The molecule has 0 spiro atoms. The predicted octanol–water partition coefficient (Wildman–Crippen LogP) is 2.75. The third kappa shape index (κ3) is 4.54. The highest BCUT2D eigenvalue weighted by atomic mass is 32.2. The molecule has 0 aliphatic carbocycles. The van der Waals surface area contributed by atoms with E-state index in [0.29, 0.717) is 13.2 Å². The molecule has 20 heavy (non-hydrogen) atoms. The van der Waals surface area contributed by atoms with Crippen LogP contribution in [0.1, 0.15) is 19.0 Å². The van der Waals surface area contributed by atoms with E-state index >= 15 is 0 Å². The summed E-state index contributed by atoms with van der Waals surface area (Å²) < 4.78 is 12.0. The number of thioether (sulfide) groups is 1. The molecule has 108 valence electrons. The molecular weight excluding hydrogens is 292 g/mol. The van der Waals surface area contributed by atoms with Crippen LogP contribution in [0.4, 0.5) is 0 Å². The predicted molar refractivity (Wildman–Crippen MR) is 87.3 cm³/mol. The first-order chi connectivity index (χ1) is 9.69. The Morgan fingerprint density at radius 3 is 3.20 bits per heavy atom. The lowest BCUT2D eigenvalue weighted by Crippen LogP contribution is -2.16. The molecule has 1 aromatic rings. The maximum Gasteiger partial charge on any atom is 0.124 e. The van der Waals surface area contributed by atoms with Gasteiger partial charge in [0.15, 0.2) is 0 Å². The average Bonchev–Trinajstić information content (AvgIpc) is 2.97. The van der Waals surface area contributed by atoms with Crippen LogP contribution < -0.4 is 4.74 Å². The van der Waals surface area contributed by atoms with Crippen molar-refractivity contribution in [2.24, 2.45) is 4.99 Å². The Kier molecular flexibility index (Phi) is 5.94. The highest BCUT2D eigenvalue weighted by Crippen LogP contribution is 2.17. The van der Waals surface area contributed by atoms with Crippen molar-refractivity contribution in [3.8, 4) is 5.75 Å². The van der Waals surface area contributed by atoms with Gasteiger partial charge < -0.3 is 9.47 Å². The van der Waals surface area contributed by atoms with Gasteiger partial charge in [0.2, 0.25) is 0 Å². The smallest absolute Gasteiger partial charge is 0.124 e. The van der Waals surface area contributed by atoms with Gasteiger partial charge in [0.25, 0.3) is 0 Å². The third-order valence-corrected chi connectivity index (χ3v) is 4.18. The van der Waals surface area contributed by atoms with Crippen molar-refractivity contribution in [3.63, 3.8) is 0 Å². The van der Waals surface area contributed by atoms with Crippen LogP contribution in [0, 0.1) is 0 Å². The SMILES string of the molecule is CSC(=S)CN=C(C)c1cc(O[C@H]2CCOC2)ccn1. The summed E-state index contributed by atoms with van der Waals surface area (Å²) in [7, 11) is 0. The van der Waals surface area contributed by atoms with Gasteiger partial charge in [0, 0.05) is 18.7 Å². The molecule has 1 aliphatic heterocycles. The summed E-state index contributed by atoms with van der Waals surface area (Å²) in [6.45, 7) is 3.92. The van der Waals surface area contributed by atoms with Crippen LogP contribution in [0.2, 0.25) is 0 Å². The van der Waals surface area contributed by atoms with Crippen LogP contribution in [0.15, 0.2) is 23.3 Å². The molecule has 2 heterocycles. The van der Waals surface area contributed by atoms with Crippen molar-refractivity contribution in [1.82, 2.24) is 4.98 Å². The number of thiocarbonyl (C=S) groups is 1. The van der Waals surface area contributed by atoms with E-state index in [1.807, 2.05) is 25.3 Å². The van der Waals surface area contributed by atoms with Gasteiger partial charge in [-0.25, -0.2) is 0 Å². The van der Waals surface area contributed by atoms with Gasteiger partial charge in [-0.2, -0.15) is 0 Å². The summed E-state index contributed by atoms with van der Waals surface area (Å²) in [6.07, 6.45) is 4.79. The number of nitrogens with zero attached hydrogens (tertiary/aromatic N) is 2. The first kappa shape index (κ1) is 15.4. The quantitative estimate of drug-likeness (QED) is 0.618. The molecule has 0 bridgehead atoms. The Morgan fingerprint density at radius 2 is 2.50 bits per heavy atom. The second kappa shape index (κ2) is 7.71. The van der Waals surface area contributed by atoms with Crippen molar-refractivity contribution >= 4 is 33.9 Å². The van der Waals surface area contributed by atoms with Crippen molar-refractivity contribution in [2.45, 2.75) is 19.4 Å². The summed E-state index contributed by atoms with van der Waals surface area (Å²) >= 11 is 6.69. The van der Waals surface area contributed by atoms with Crippen LogP contribution in [0.25, 0.3) is 0 Å². The Morgan fingerprint density at radius 1 is 1.65 bits per heavy atom. The van der Waals surface area contributed by atoms with Crippen LogP contribution >= 0.6 is 24.0 Å². The third-order valence-electron chi connectivity index (χ3n) is 2.97. The largest absolute Gasteiger partial charge is 0.488 e. The molecule has 1 aliphatic rings. The topological polar surface area (TPSA) is 43.7 Å². The molecule has 0 amide bonds. The van der Waals surface area contributed by atoms with E-state index < -0.39 is 0 Å². The molecule has 2 rings (SSSR count). The normalized spacial score (nSPS) is 19.1. The van der Waals surface area contributed by atoms with Gasteiger partial charge in [0.05, 0.1) is 35.4 Å². The number of hydrogen-bond acceptors (Lipinski definition) is 6. The fourth-order valence-corrected chi connectivity index (χ4v) is 2.07. The molecule has 1 saturated heterocycles. The minimum Gasteiger partial charge on any atom is -0.488 e. The van der Waals surface area contributed by atoms with Gasteiger partial charge in [-0.3, -0.25) is 9.98 Å². The minimum absolute atomic E-state index is 0.145. The lowest BCUT2D eigenvalue weighted by molar-refractivity contribution is 0.141. The number of aromatic nitrogens is 1. The van der Waals surface area contributed by atoms with Gasteiger partial charge >= 0.3 is 0 Å². The Hall–Kier alpha value is -0.980. The second-order valence-electron chi connectivity index (χ2n) is 4.46. The Labute approximate surface area is 129 Å². The number of pyridine rings is 1. The van der Waals surface area contributed by atoms with Gasteiger partial charge in [-0.1, -0.05) is 12.2 Å². The maximum absolute atomic E-state index is 5.86. The van der Waals surface area contributed by atoms with Crippen molar-refractivity contribution in [1.29, 1.82) is 0 Å². The summed E-state index contributed by atoms with van der Waals surface area (Å²) in [5.74, 6) is 0.812. The van der Waals surface area contributed by atoms with E-state index in [2.05, 4.69) is 9.98 Å². The minimum atomic E-state index is 0.145. The van der Waals surface area contributed by atoms with Crippen molar-refractivity contribution in [2.75, 3.05) is 26.0 Å². The van der Waals surface area contributed by atoms with Gasteiger partial charge in [-0.05, 0) is 19.2 Å². The van der Waals surface area contributed by atoms with E-state index in [4.69, 9.17) is 21.7 Å². The van der Waals surface area contributed by atoms with Gasteiger partial charge in [-0.15, -0.1) is 11.8 Å². The zero-order valence-electron chi connectivity index (χ0n) is 11.7. The first-order valence-corrected chi connectivity index (χ1v) is 8.11. The zero-order valence-corrected chi connectivity index (χ0v) is 13.3. The Balaban J connectivity index is 2.02. The molecule has 0 saturated carbocycles. The summed E-state index contributed by atoms with van der Waals surface area (Å²) in [4.78, 5) is 8.78. The van der Waals surface area contributed by atoms with Crippen molar-refractivity contribution < 1.29 is 9.47 Å². The highest BCUT2D eigenvalue weighted by molar-refractivity contribution is 8.22. The second-order valence-corrected chi connectivity index (χ2v) is 6.11. The molecule has 0 radical (unpaired) electrons. The number of ether oxygens (including phenoxy) is 2. The number of rotatable bonds is 5. The summed E-state index contributed by atoms with van der Waals surface area (Å²) in [5, 5.41) is 0. The lowest BCUT2D eigenvalue weighted by Gasteiger charge is -2.12. The molecule has 0 N–H and O–H groups in total. The van der Waals surface area contributed by atoms with E-state index in [1.54, 1.807) is 18.0 Å². The summed E-state index contributed by atoms with van der Waals surface area (Å²) in [6, 6.07) is 3.78. The molecule has 1 aromatic heterocycles. The van der Waals surface area contributed by atoms with Crippen molar-refractivity contribution in [3.05, 3.63) is 24.0 Å². The van der Waals surface area contributed by atoms with E-state index in [-0.39, 0.29) is 6.10 Å². The first-order valence-electron chi connectivity index (χ1n) is 6.47. The maximum atomic E-state index is 5.86. The average molecular weight is 310 g/mol. The van der Waals surface area contributed by atoms with E-state index in [9.17, 15) is 0 Å². The molecule has 6 heteroatoms. The fourth-order valence-electron chi connectivity index (χ4n) is 1.81. The van der Waals surface area contributed by atoms with E-state index in [0.717, 1.165) is 34.4 Å². The Bertz CT molecular complexity index is 500. The fraction of sp³-hybridized carbons (Fsp3) is 0.500. The monoisotopic (exact) mass is 310 g/mol. The zero-order chi connectivity index (χ0) is 14.4. The molecule has 1 atom stereocenters. The summed E-state index contributed by atoms with van der Waals surface area (Å²) in [5.41, 5.74) is 1.69. The molecular formula is C14H18N2O2S2. The number of aliphatic imine (C=N–C) groups is 1. The molecule has 1 fully saturated rings. The van der Waals surface area contributed by atoms with Crippen LogP contribution in [-0.4, -0.2) is 47.0 Å². The van der Waals surface area contributed by atoms with Gasteiger partial charge in [0.1, 0.15) is 11.9 Å².